The Hall–Kier alpha value is -0.590. The van der Waals surface area contributed by atoms with Crippen LogP contribution in [-0.4, -0.2) is 29.6 Å². The smallest absolute Gasteiger partial charge is 0.106 e. The van der Waals surface area contributed by atoms with Gasteiger partial charge in [-0.2, -0.15) is 5.26 Å². The van der Waals surface area contributed by atoms with Gasteiger partial charge >= 0.3 is 0 Å². The molecule has 0 amide bonds. The maximum atomic E-state index is 8.84. The molecule has 1 atom stereocenters. The highest BCUT2D eigenvalue weighted by Gasteiger charge is 2.31. The molecule has 0 saturated carbocycles. The Morgan fingerprint density at radius 1 is 1.54 bits per heavy atom. The molecule has 2 N–H and O–H groups in total. The van der Waals surface area contributed by atoms with Gasteiger partial charge in [0.05, 0.1) is 6.07 Å². The molecule has 1 unspecified atom stereocenters. The molecule has 1 aliphatic heterocycles. The first-order valence-electron chi connectivity index (χ1n) is 5.05. The van der Waals surface area contributed by atoms with E-state index in [4.69, 9.17) is 11.0 Å². The van der Waals surface area contributed by atoms with Gasteiger partial charge in [-0.05, 0) is 26.2 Å². The summed E-state index contributed by atoms with van der Waals surface area (Å²) in [6.45, 7) is 6.37. The van der Waals surface area contributed by atoms with Crippen LogP contribution in [-0.2, 0) is 0 Å². The van der Waals surface area contributed by atoms with E-state index in [1.54, 1.807) is 0 Å². The van der Waals surface area contributed by atoms with E-state index in [2.05, 4.69) is 24.8 Å². The molecule has 0 aromatic rings. The van der Waals surface area contributed by atoms with Gasteiger partial charge in [0.25, 0.3) is 0 Å². The number of piperidine rings is 1. The first kappa shape index (κ1) is 10.5. The summed E-state index contributed by atoms with van der Waals surface area (Å²) in [4.78, 5) is 2.42. The highest BCUT2D eigenvalue weighted by Crippen LogP contribution is 2.20. The maximum Gasteiger partial charge on any atom is 0.106 e. The molecule has 1 saturated heterocycles. The lowest BCUT2D eigenvalue weighted by atomic mass is 9.89. The number of hydrogen-bond donors (Lipinski definition) is 1. The second kappa shape index (κ2) is 4.08. The Morgan fingerprint density at radius 2 is 2.08 bits per heavy atom. The molecule has 0 aromatic heterocycles. The Kier molecular flexibility index (Phi) is 3.29. The molecule has 1 rings (SSSR count). The molecule has 0 spiro atoms. The molecular weight excluding hydrogens is 162 g/mol. The number of hydrogen-bond acceptors (Lipinski definition) is 3. The quantitative estimate of drug-likeness (QED) is 0.694. The molecule has 1 heterocycles. The predicted octanol–water partition coefficient (Wildman–Crippen LogP) is 1.10. The Morgan fingerprint density at radius 3 is 2.46 bits per heavy atom. The zero-order chi connectivity index (χ0) is 9.90. The lowest BCUT2D eigenvalue weighted by Crippen LogP contribution is -2.51. The summed E-state index contributed by atoms with van der Waals surface area (Å²) in [6, 6.07) is 2.84. The zero-order valence-corrected chi connectivity index (χ0v) is 8.58. The number of nitrogens with zero attached hydrogens (tertiary/aromatic N) is 2. The molecular formula is C10H19N3. The molecule has 13 heavy (non-hydrogen) atoms. The number of nitrogens with two attached hydrogens (primary N) is 1. The zero-order valence-electron chi connectivity index (χ0n) is 8.58. The standard InChI is InChI=1S/C10H19N3/c1-3-9(2)13-6-4-10(12,8-11)5-7-13/h9H,3-7,12H2,1-2H3. The second-order valence-electron chi connectivity index (χ2n) is 4.06. The fourth-order valence-electron chi connectivity index (χ4n) is 1.73. The monoisotopic (exact) mass is 181 g/mol. The largest absolute Gasteiger partial charge is 0.313 e. The van der Waals surface area contributed by atoms with Crippen LogP contribution in [0.15, 0.2) is 0 Å². The van der Waals surface area contributed by atoms with E-state index in [0.717, 1.165) is 25.9 Å². The topological polar surface area (TPSA) is 53.0 Å². The average Bonchev–Trinajstić information content (AvgIpc) is 2.18. The van der Waals surface area contributed by atoms with E-state index < -0.39 is 5.54 Å². The molecule has 74 valence electrons. The summed E-state index contributed by atoms with van der Waals surface area (Å²) in [5, 5.41) is 8.84. The van der Waals surface area contributed by atoms with Crippen molar-refractivity contribution >= 4 is 0 Å². The Labute approximate surface area is 80.5 Å². The van der Waals surface area contributed by atoms with E-state index in [0.29, 0.717) is 6.04 Å². The van der Waals surface area contributed by atoms with Crippen molar-refractivity contribution in [3.8, 4) is 6.07 Å². The minimum absolute atomic E-state index is 0.552. The fraction of sp³-hybridized carbons (Fsp3) is 0.900. The fourth-order valence-corrected chi connectivity index (χ4v) is 1.73. The van der Waals surface area contributed by atoms with Gasteiger partial charge in [0.1, 0.15) is 5.54 Å². The van der Waals surface area contributed by atoms with Crippen molar-refractivity contribution < 1.29 is 0 Å². The number of rotatable bonds is 2. The number of likely N-dealkylation sites (tertiary alicyclic amines) is 1. The predicted molar refractivity (Wildman–Crippen MR) is 53.1 cm³/mol. The van der Waals surface area contributed by atoms with Crippen LogP contribution >= 0.6 is 0 Å². The minimum atomic E-state index is -0.552. The Balaban J connectivity index is 2.44. The summed E-state index contributed by atoms with van der Waals surface area (Å²) in [5.74, 6) is 0. The van der Waals surface area contributed by atoms with Crippen LogP contribution in [0.5, 0.6) is 0 Å². The van der Waals surface area contributed by atoms with Crippen LogP contribution < -0.4 is 5.73 Å². The van der Waals surface area contributed by atoms with Crippen LogP contribution in [0.3, 0.4) is 0 Å². The second-order valence-corrected chi connectivity index (χ2v) is 4.06. The van der Waals surface area contributed by atoms with Gasteiger partial charge in [-0.15, -0.1) is 0 Å². The number of nitriles is 1. The summed E-state index contributed by atoms with van der Waals surface area (Å²) >= 11 is 0. The van der Waals surface area contributed by atoms with Crippen LogP contribution in [0.25, 0.3) is 0 Å². The van der Waals surface area contributed by atoms with Crippen LogP contribution in [0.1, 0.15) is 33.1 Å². The average molecular weight is 181 g/mol. The highest BCUT2D eigenvalue weighted by atomic mass is 15.2. The van der Waals surface area contributed by atoms with E-state index in [9.17, 15) is 0 Å². The van der Waals surface area contributed by atoms with Crippen molar-refractivity contribution in [1.29, 1.82) is 5.26 Å². The van der Waals surface area contributed by atoms with Gasteiger partial charge in [-0.25, -0.2) is 0 Å². The van der Waals surface area contributed by atoms with Gasteiger partial charge in [-0.1, -0.05) is 6.92 Å². The van der Waals surface area contributed by atoms with Crippen molar-refractivity contribution in [1.82, 2.24) is 4.90 Å². The third-order valence-electron chi connectivity index (χ3n) is 3.13. The van der Waals surface area contributed by atoms with Gasteiger partial charge in [0.15, 0.2) is 0 Å². The maximum absolute atomic E-state index is 8.84. The van der Waals surface area contributed by atoms with E-state index in [1.807, 2.05) is 0 Å². The molecule has 0 bridgehead atoms. The van der Waals surface area contributed by atoms with Crippen molar-refractivity contribution in [3.05, 3.63) is 0 Å². The van der Waals surface area contributed by atoms with Crippen molar-refractivity contribution in [3.63, 3.8) is 0 Å². The Bertz CT molecular complexity index is 199. The molecule has 0 radical (unpaired) electrons. The lowest BCUT2D eigenvalue weighted by Gasteiger charge is -2.37. The molecule has 0 aromatic carbocycles. The summed E-state index contributed by atoms with van der Waals surface area (Å²) in [5.41, 5.74) is 5.32. The van der Waals surface area contributed by atoms with Gasteiger partial charge in [0.2, 0.25) is 0 Å². The first-order valence-corrected chi connectivity index (χ1v) is 5.05. The summed E-state index contributed by atoms with van der Waals surface area (Å²) in [7, 11) is 0. The van der Waals surface area contributed by atoms with Crippen molar-refractivity contribution in [2.24, 2.45) is 5.73 Å². The van der Waals surface area contributed by atoms with E-state index in [-0.39, 0.29) is 0 Å². The van der Waals surface area contributed by atoms with Crippen LogP contribution in [0.2, 0.25) is 0 Å². The molecule has 0 aliphatic carbocycles. The first-order chi connectivity index (χ1) is 6.11. The molecule has 1 fully saturated rings. The lowest BCUT2D eigenvalue weighted by molar-refractivity contribution is 0.141. The van der Waals surface area contributed by atoms with Gasteiger partial charge in [0, 0.05) is 19.1 Å². The van der Waals surface area contributed by atoms with Gasteiger partial charge in [-0.3, -0.25) is 0 Å². The molecule has 3 nitrogen and oxygen atoms in total. The van der Waals surface area contributed by atoms with Crippen molar-refractivity contribution in [2.75, 3.05) is 13.1 Å². The van der Waals surface area contributed by atoms with Crippen LogP contribution in [0, 0.1) is 11.3 Å². The summed E-state index contributed by atoms with van der Waals surface area (Å²) in [6.07, 6.45) is 2.80. The SMILES string of the molecule is CCC(C)N1CCC(N)(C#N)CC1. The van der Waals surface area contributed by atoms with E-state index in [1.165, 1.54) is 6.42 Å². The molecule has 1 aliphatic rings. The summed E-state index contributed by atoms with van der Waals surface area (Å²) < 4.78 is 0. The van der Waals surface area contributed by atoms with E-state index >= 15 is 0 Å². The highest BCUT2D eigenvalue weighted by molar-refractivity contribution is 5.07. The third-order valence-corrected chi connectivity index (χ3v) is 3.13. The third kappa shape index (κ3) is 2.43. The van der Waals surface area contributed by atoms with Gasteiger partial charge < -0.3 is 10.6 Å². The normalized spacial score (nSPS) is 25.1. The van der Waals surface area contributed by atoms with Crippen LogP contribution in [0.4, 0.5) is 0 Å². The van der Waals surface area contributed by atoms with Crippen molar-refractivity contribution in [2.45, 2.75) is 44.7 Å². The molecule has 3 heteroatoms. The minimum Gasteiger partial charge on any atom is -0.313 e.